The molecule has 4 nitrogen and oxygen atoms in total. The van der Waals surface area contributed by atoms with Crippen molar-refractivity contribution in [3.63, 3.8) is 0 Å². The smallest absolute Gasteiger partial charge is 0.857 e. The molecule has 0 N–H and O–H groups in total. The minimum Gasteiger partial charge on any atom is -0.857 e. The molecule has 0 amide bonds. The van der Waals surface area contributed by atoms with E-state index in [1.165, 1.54) is 0 Å². The Balaban J connectivity index is 0.000000640. The summed E-state index contributed by atoms with van der Waals surface area (Å²) in [5, 5.41) is 26.1. The Kier molecular flexibility index (Phi) is 2.98. The van der Waals surface area contributed by atoms with Crippen LogP contribution in [-0.4, -0.2) is 10.2 Å². The molecule has 0 bridgehead atoms. The predicted octanol–water partition coefficient (Wildman–Crippen LogP) is -1.38. The second-order valence-electron chi connectivity index (χ2n) is 1.21. The van der Waals surface area contributed by atoms with Gasteiger partial charge in [0.15, 0.2) is 0 Å². The number of nitrogens with zero attached hydrogens (tertiary/aromatic N) is 2. The molecule has 9 heavy (non-hydrogen) atoms. The fourth-order valence-electron chi connectivity index (χ4n) is 0.308. The van der Waals surface area contributed by atoms with Crippen LogP contribution in [0.4, 0.5) is 0 Å². The molecule has 51 valence electrons. The Bertz CT molecular complexity index is 155. The summed E-state index contributed by atoms with van der Waals surface area (Å²) in [6.45, 7) is 0. The summed E-state index contributed by atoms with van der Waals surface area (Å²) >= 11 is 0. The van der Waals surface area contributed by atoms with Crippen LogP contribution in [0.3, 0.4) is 0 Å². The second-order valence-corrected chi connectivity index (χ2v) is 1.21. The van der Waals surface area contributed by atoms with Crippen LogP contribution in [0.2, 0.25) is 0 Å². The molecule has 0 aliphatic heterocycles. The maximum absolute atomic E-state index is 10.1. The largest absolute Gasteiger partial charge is 2.00 e. The summed E-state index contributed by atoms with van der Waals surface area (Å²) in [5.41, 5.74) is 0. The molecule has 5 heteroatoms. The summed E-state index contributed by atoms with van der Waals surface area (Å²) in [7, 11) is 0. The normalized spacial score (nSPS) is 8.00. The molecule has 1 heterocycles. The van der Waals surface area contributed by atoms with Gasteiger partial charge >= 0.3 is 17.1 Å². The summed E-state index contributed by atoms with van der Waals surface area (Å²) in [5.74, 6) is -0.964. The molecule has 0 saturated carbocycles. The molecule has 0 unspecified atom stereocenters. The van der Waals surface area contributed by atoms with Crippen LogP contribution < -0.4 is 10.2 Å². The van der Waals surface area contributed by atoms with E-state index in [-0.39, 0.29) is 17.1 Å². The number of rotatable bonds is 0. The Morgan fingerprint density at radius 3 is 1.56 bits per heavy atom. The van der Waals surface area contributed by atoms with Gasteiger partial charge in [-0.2, -0.15) is 10.2 Å². The minimum atomic E-state index is -0.482. The van der Waals surface area contributed by atoms with Gasteiger partial charge in [-0.25, -0.2) is 0 Å². The van der Waals surface area contributed by atoms with E-state index in [1.807, 2.05) is 0 Å². The van der Waals surface area contributed by atoms with E-state index in [0.29, 0.717) is 0 Å². The second kappa shape index (κ2) is 3.27. The van der Waals surface area contributed by atoms with Crippen molar-refractivity contribution < 1.29 is 27.3 Å². The first-order valence-corrected chi connectivity index (χ1v) is 1.97. The van der Waals surface area contributed by atoms with E-state index in [9.17, 15) is 10.2 Å². The molecule has 0 fully saturated rings. The summed E-state index contributed by atoms with van der Waals surface area (Å²) in [6.07, 6.45) is 0. The van der Waals surface area contributed by atoms with Crippen LogP contribution in [-0.2, 0) is 17.1 Å². The molecule has 1 rings (SSSR count). The third-order valence-electron chi connectivity index (χ3n) is 0.616. The molecular formula is C4H2CuN2O2. The van der Waals surface area contributed by atoms with Crippen molar-refractivity contribution in [2.24, 2.45) is 0 Å². The van der Waals surface area contributed by atoms with Gasteiger partial charge in [0.1, 0.15) is 0 Å². The molecule has 0 saturated heterocycles. The minimum absolute atomic E-state index is 0. The molecule has 0 aliphatic rings. The van der Waals surface area contributed by atoms with Gasteiger partial charge in [-0.15, -0.1) is 0 Å². The molecule has 0 aliphatic carbocycles. The van der Waals surface area contributed by atoms with Crippen molar-refractivity contribution in [2.45, 2.75) is 0 Å². The Labute approximate surface area is 62.0 Å². The van der Waals surface area contributed by atoms with Gasteiger partial charge in [0.2, 0.25) is 0 Å². The molecule has 0 spiro atoms. The quantitative estimate of drug-likeness (QED) is 0.454. The standard InChI is InChI=1S/C4H4N2O2.Cu/c7-3-1-2-4(8)6-5-3;/h1-2H,(H,5,7)(H,6,8);/q;+2/p-2. The van der Waals surface area contributed by atoms with E-state index >= 15 is 0 Å². The van der Waals surface area contributed by atoms with Crippen LogP contribution in [0.25, 0.3) is 0 Å². The van der Waals surface area contributed by atoms with Crippen molar-refractivity contribution in [3.8, 4) is 11.8 Å². The molecule has 0 aromatic carbocycles. The van der Waals surface area contributed by atoms with Gasteiger partial charge in [-0.05, 0) is 12.1 Å². The van der Waals surface area contributed by atoms with E-state index in [2.05, 4.69) is 10.2 Å². The van der Waals surface area contributed by atoms with Crippen molar-refractivity contribution >= 4 is 0 Å². The van der Waals surface area contributed by atoms with Crippen molar-refractivity contribution in [1.82, 2.24) is 10.2 Å². The van der Waals surface area contributed by atoms with Gasteiger partial charge in [0.05, 0.1) is 0 Å². The van der Waals surface area contributed by atoms with E-state index < -0.39 is 11.8 Å². The zero-order valence-corrected chi connectivity index (χ0v) is 5.11. The van der Waals surface area contributed by atoms with Crippen molar-refractivity contribution in [1.29, 1.82) is 0 Å². The monoisotopic (exact) mass is 173 g/mol. The van der Waals surface area contributed by atoms with Crippen LogP contribution >= 0.6 is 0 Å². The third kappa shape index (κ3) is 2.30. The molecule has 1 aromatic heterocycles. The van der Waals surface area contributed by atoms with Crippen LogP contribution in [0.15, 0.2) is 12.1 Å². The van der Waals surface area contributed by atoms with Crippen LogP contribution in [0.1, 0.15) is 0 Å². The summed E-state index contributed by atoms with van der Waals surface area (Å²) < 4.78 is 0. The predicted molar refractivity (Wildman–Crippen MR) is 20.9 cm³/mol. The third-order valence-corrected chi connectivity index (χ3v) is 0.616. The Morgan fingerprint density at radius 2 is 1.33 bits per heavy atom. The Morgan fingerprint density at radius 1 is 1.00 bits per heavy atom. The van der Waals surface area contributed by atoms with Crippen molar-refractivity contribution in [3.05, 3.63) is 12.1 Å². The molecule has 1 radical (unpaired) electrons. The average molecular weight is 174 g/mol. The van der Waals surface area contributed by atoms with E-state index in [0.717, 1.165) is 12.1 Å². The maximum atomic E-state index is 10.1. The van der Waals surface area contributed by atoms with E-state index in [1.54, 1.807) is 0 Å². The molecular weight excluding hydrogens is 172 g/mol. The van der Waals surface area contributed by atoms with Crippen LogP contribution in [0.5, 0.6) is 11.8 Å². The number of hydrogen-bond donors (Lipinski definition) is 0. The summed E-state index contributed by atoms with van der Waals surface area (Å²) in [6, 6.07) is 2.16. The zero-order chi connectivity index (χ0) is 5.98. The maximum Gasteiger partial charge on any atom is 2.00 e. The Hall–Kier alpha value is -0.801. The van der Waals surface area contributed by atoms with Crippen LogP contribution in [0, 0.1) is 0 Å². The molecule has 0 atom stereocenters. The van der Waals surface area contributed by atoms with Gasteiger partial charge in [0.25, 0.3) is 0 Å². The summed E-state index contributed by atoms with van der Waals surface area (Å²) in [4.78, 5) is 0. The van der Waals surface area contributed by atoms with Gasteiger partial charge in [0, 0.05) is 11.8 Å². The van der Waals surface area contributed by atoms with Gasteiger partial charge in [-0.1, -0.05) is 0 Å². The first kappa shape index (κ1) is 8.20. The van der Waals surface area contributed by atoms with E-state index in [4.69, 9.17) is 0 Å². The number of hydrogen-bond acceptors (Lipinski definition) is 4. The van der Waals surface area contributed by atoms with Gasteiger partial charge in [-0.3, -0.25) is 0 Å². The zero-order valence-electron chi connectivity index (χ0n) is 4.17. The topological polar surface area (TPSA) is 71.9 Å². The van der Waals surface area contributed by atoms with Gasteiger partial charge < -0.3 is 10.2 Å². The number of aromatic nitrogens is 2. The first-order chi connectivity index (χ1) is 3.79. The van der Waals surface area contributed by atoms with Crippen molar-refractivity contribution in [2.75, 3.05) is 0 Å². The fourth-order valence-corrected chi connectivity index (χ4v) is 0.308. The average Bonchev–Trinajstić information content (AvgIpc) is 1.77. The SMILES string of the molecule is [Cu+2].[O-]c1ccc([O-])nn1. The first-order valence-electron chi connectivity index (χ1n) is 1.97. The molecule has 1 aromatic rings. The fraction of sp³-hybridized carbons (Fsp3) is 0.